The molecule has 120 valence electrons. The number of rotatable bonds is 6. The van der Waals surface area contributed by atoms with Crippen molar-refractivity contribution in [2.75, 3.05) is 23.7 Å². The zero-order valence-corrected chi connectivity index (χ0v) is 12.8. The lowest BCUT2D eigenvalue weighted by Crippen LogP contribution is -2.40. The third kappa shape index (κ3) is 4.99. The predicted molar refractivity (Wildman–Crippen MR) is 87.1 cm³/mol. The minimum absolute atomic E-state index is 0.128. The van der Waals surface area contributed by atoms with Crippen molar-refractivity contribution in [1.82, 2.24) is 10.1 Å². The van der Waals surface area contributed by atoms with Crippen LogP contribution in [0.3, 0.4) is 0 Å². The summed E-state index contributed by atoms with van der Waals surface area (Å²) in [5.74, 6) is -0.0761. The first-order valence-electron chi connectivity index (χ1n) is 7.02. The van der Waals surface area contributed by atoms with Crippen LogP contribution in [0, 0.1) is 6.92 Å². The Kier molecular flexibility index (Phi) is 5.51. The quantitative estimate of drug-likeness (QED) is 0.802. The lowest BCUT2D eigenvalue weighted by atomic mass is 10.2. The number of benzene rings is 1. The first kappa shape index (κ1) is 16.3. The average Bonchev–Trinajstić information content (AvgIpc) is 2.99. The molecule has 0 aliphatic rings. The zero-order valence-electron chi connectivity index (χ0n) is 12.8. The molecule has 7 heteroatoms. The first-order chi connectivity index (χ1) is 11.1. The number of amides is 3. The molecule has 0 fully saturated rings. The fourth-order valence-corrected chi connectivity index (χ4v) is 1.93. The molecule has 0 spiro atoms. The maximum absolute atomic E-state index is 12.3. The van der Waals surface area contributed by atoms with Crippen molar-refractivity contribution in [1.29, 1.82) is 0 Å². The minimum atomic E-state index is -0.384. The van der Waals surface area contributed by atoms with Gasteiger partial charge in [0.15, 0.2) is 5.82 Å². The molecule has 0 aliphatic carbocycles. The van der Waals surface area contributed by atoms with Gasteiger partial charge in [0.05, 0.1) is 0 Å². The van der Waals surface area contributed by atoms with Gasteiger partial charge in [0, 0.05) is 18.3 Å². The molecule has 0 aliphatic heterocycles. The second kappa shape index (κ2) is 7.79. The summed E-state index contributed by atoms with van der Waals surface area (Å²) in [6.07, 6.45) is 2.90. The molecular formula is C16H18N4O3. The highest BCUT2D eigenvalue weighted by Gasteiger charge is 2.17. The van der Waals surface area contributed by atoms with Crippen LogP contribution in [0.4, 0.5) is 16.3 Å². The van der Waals surface area contributed by atoms with Crippen molar-refractivity contribution in [3.8, 4) is 0 Å². The topological polar surface area (TPSA) is 87.5 Å². The molecule has 0 radical (unpaired) electrons. The molecule has 1 aromatic carbocycles. The largest absolute Gasteiger partial charge is 0.363 e. The van der Waals surface area contributed by atoms with E-state index >= 15 is 0 Å². The molecule has 0 bridgehead atoms. The fraction of sp³-hybridized carbons (Fsp3) is 0.188. The molecule has 2 N–H and O–H groups in total. The Balaban J connectivity index is 1.97. The lowest BCUT2D eigenvalue weighted by Gasteiger charge is -2.21. The van der Waals surface area contributed by atoms with Gasteiger partial charge in [0.2, 0.25) is 5.91 Å². The molecule has 0 unspecified atom stereocenters. The van der Waals surface area contributed by atoms with Gasteiger partial charge in [0.25, 0.3) is 0 Å². The molecule has 2 aromatic rings. The van der Waals surface area contributed by atoms with Crippen LogP contribution in [0.25, 0.3) is 0 Å². The van der Waals surface area contributed by atoms with E-state index in [1.165, 1.54) is 17.2 Å². The summed E-state index contributed by atoms with van der Waals surface area (Å²) in [5, 5.41) is 8.88. The SMILES string of the molecule is C=CCN(CC(=O)Nc1ccon1)C(=O)Nc1cccc(C)c1. The number of anilines is 2. The van der Waals surface area contributed by atoms with Crippen molar-refractivity contribution < 1.29 is 14.1 Å². The second-order valence-corrected chi connectivity index (χ2v) is 4.90. The van der Waals surface area contributed by atoms with Crippen molar-refractivity contribution in [2.45, 2.75) is 6.92 Å². The predicted octanol–water partition coefficient (Wildman–Crippen LogP) is 2.64. The summed E-state index contributed by atoms with van der Waals surface area (Å²) < 4.78 is 4.63. The summed E-state index contributed by atoms with van der Waals surface area (Å²) >= 11 is 0. The third-order valence-corrected chi connectivity index (χ3v) is 2.95. The number of hydrogen-bond acceptors (Lipinski definition) is 4. The van der Waals surface area contributed by atoms with Crippen LogP contribution in [0.1, 0.15) is 5.56 Å². The van der Waals surface area contributed by atoms with Crippen LogP contribution >= 0.6 is 0 Å². The number of carbonyl (C=O) groups is 2. The molecule has 2 rings (SSSR count). The summed E-state index contributed by atoms with van der Waals surface area (Å²) in [4.78, 5) is 25.6. The van der Waals surface area contributed by atoms with E-state index in [2.05, 4.69) is 26.9 Å². The Morgan fingerprint density at radius 1 is 1.35 bits per heavy atom. The molecule has 7 nitrogen and oxygen atoms in total. The Morgan fingerprint density at radius 2 is 2.17 bits per heavy atom. The van der Waals surface area contributed by atoms with E-state index in [9.17, 15) is 9.59 Å². The molecule has 0 saturated heterocycles. The number of hydrogen-bond donors (Lipinski definition) is 2. The average molecular weight is 314 g/mol. The zero-order chi connectivity index (χ0) is 16.7. The molecule has 3 amide bonds. The van der Waals surface area contributed by atoms with Crippen LogP contribution < -0.4 is 10.6 Å². The van der Waals surface area contributed by atoms with Crippen LogP contribution in [0.2, 0.25) is 0 Å². The number of urea groups is 1. The van der Waals surface area contributed by atoms with Gasteiger partial charge in [-0.3, -0.25) is 4.79 Å². The lowest BCUT2D eigenvalue weighted by molar-refractivity contribution is -0.116. The van der Waals surface area contributed by atoms with Crippen molar-refractivity contribution >= 4 is 23.4 Å². The van der Waals surface area contributed by atoms with Crippen molar-refractivity contribution in [3.63, 3.8) is 0 Å². The first-order valence-corrected chi connectivity index (χ1v) is 7.02. The van der Waals surface area contributed by atoms with Gasteiger partial charge in [0.1, 0.15) is 12.8 Å². The van der Waals surface area contributed by atoms with Gasteiger partial charge < -0.3 is 20.1 Å². The maximum atomic E-state index is 12.3. The van der Waals surface area contributed by atoms with Gasteiger partial charge in [-0.1, -0.05) is 23.4 Å². The molecule has 23 heavy (non-hydrogen) atoms. The van der Waals surface area contributed by atoms with Crippen LogP contribution in [0.5, 0.6) is 0 Å². The van der Waals surface area contributed by atoms with Crippen LogP contribution in [-0.2, 0) is 4.79 Å². The van der Waals surface area contributed by atoms with Crippen molar-refractivity contribution in [2.24, 2.45) is 0 Å². The smallest absolute Gasteiger partial charge is 0.322 e. The van der Waals surface area contributed by atoms with E-state index in [-0.39, 0.29) is 25.0 Å². The van der Waals surface area contributed by atoms with E-state index < -0.39 is 0 Å². The number of aromatic nitrogens is 1. The normalized spacial score (nSPS) is 9.96. The van der Waals surface area contributed by atoms with Gasteiger partial charge >= 0.3 is 6.03 Å². The van der Waals surface area contributed by atoms with Gasteiger partial charge in [-0.15, -0.1) is 6.58 Å². The monoisotopic (exact) mass is 314 g/mol. The van der Waals surface area contributed by atoms with Gasteiger partial charge in [-0.2, -0.15) is 0 Å². The fourth-order valence-electron chi connectivity index (χ4n) is 1.93. The van der Waals surface area contributed by atoms with E-state index in [4.69, 9.17) is 0 Å². The van der Waals surface area contributed by atoms with E-state index in [1.807, 2.05) is 25.1 Å². The highest BCUT2D eigenvalue weighted by molar-refractivity contribution is 5.96. The molecular weight excluding hydrogens is 296 g/mol. The van der Waals surface area contributed by atoms with Gasteiger partial charge in [-0.05, 0) is 24.6 Å². The van der Waals surface area contributed by atoms with E-state index in [0.717, 1.165) is 5.56 Å². The summed E-state index contributed by atoms with van der Waals surface area (Å²) in [6.45, 7) is 5.65. The molecule has 1 heterocycles. The Labute approximate surface area is 134 Å². The molecule has 1 aromatic heterocycles. The molecule has 0 saturated carbocycles. The van der Waals surface area contributed by atoms with E-state index in [0.29, 0.717) is 11.5 Å². The van der Waals surface area contributed by atoms with Crippen molar-refractivity contribution in [3.05, 3.63) is 54.8 Å². The maximum Gasteiger partial charge on any atom is 0.322 e. The third-order valence-electron chi connectivity index (χ3n) is 2.95. The second-order valence-electron chi connectivity index (χ2n) is 4.90. The number of carbonyl (C=O) groups excluding carboxylic acids is 2. The Bertz CT molecular complexity index is 682. The number of nitrogens with zero attached hydrogens (tertiary/aromatic N) is 2. The summed E-state index contributed by atoms with van der Waals surface area (Å²) in [5.41, 5.74) is 1.70. The highest BCUT2D eigenvalue weighted by Crippen LogP contribution is 2.10. The number of aryl methyl sites for hydroxylation is 1. The molecule has 0 atom stereocenters. The Morgan fingerprint density at radius 3 is 2.83 bits per heavy atom. The number of nitrogens with one attached hydrogen (secondary N) is 2. The van der Waals surface area contributed by atoms with Crippen LogP contribution in [0.15, 0.2) is 53.8 Å². The standard InChI is InChI=1S/C16H18N4O3/c1-3-8-20(11-15(21)18-14-7-9-23-19-14)16(22)17-13-6-4-5-12(2)10-13/h3-7,9-10H,1,8,11H2,2H3,(H,17,22)(H,18,19,21). The van der Waals surface area contributed by atoms with Gasteiger partial charge in [-0.25, -0.2) is 4.79 Å². The Hall–Kier alpha value is -3.09. The van der Waals surface area contributed by atoms with E-state index in [1.54, 1.807) is 12.1 Å². The minimum Gasteiger partial charge on any atom is -0.363 e. The summed E-state index contributed by atoms with van der Waals surface area (Å²) in [7, 11) is 0. The highest BCUT2D eigenvalue weighted by atomic mass is 16.5. The van der Waals surface area contributed by atoms with Crippen LogP contribution in [-0.4, -0.2) is 35.1 Å². The summed E-state index contributed by atoms with van der Waals surface area (Å²) in [6, 6.07) is 8.54.